The van der Waals surface area contributed by atoms with Crippen molar-refractivity contribution >= 4 is 27.2 Å². The molecule has 5 aromatic rings. The van der Waals surface area contributed by atoms with Crippen LogP contribution in [0.25, 0.3) is 28.0 Å². The van der Waals surface area contributed by atoms with Gasteiger partial charge in [-0.25, -0.2) is 18.4 Å². The van der Waals surface area contributed by atoms with E-state index in [9.17, 15) is 13.2 Å². The molecule has 4 aromatic heterocycles. The summed E-state index contributed by atoms with van der Waals surface area (Å²) in [5.74, 6) is 0.0362. The van der Waals surface area contributed by atoms with Crippen molar-refractivity contribution in [3.8, 4) is 22.4 Å². The van der Waals surface area contributed by atoms with Gasteiger partial charge >= 0.3 is 0 Å². The van der Waals surface area contributed by atoms with Crippen LogP contribution in [0.3, 0.4) is 0 Å². The second-order valence-electron chi connectivity index (χ2n) is 10.8. The highest BCUT2D eigenvalue weighted by Gasteiger charge is 2.46. The van der Waals surface area contributed by atoms with Crippen LogP contribution in [-0.4, -0.2) is 67.1 Å². The molecule has 0 spiro atoms. The van der Waals surface area contributed by atoms with Gasteiger partial charge in [0.25, 0.3) is 5.91 Å². The summed E-state index contributed by atoms with van der Waals surface area (Å²) < 4.78 is 27.5. The maximum Gasteiger partial charge on any atom is 0.290 e. The van der Waals surface area contributed by atoms with Crippen molar-refractivity contribution in [1.82, 2.24) is 34.4 Å². The van der Waals surface area contributed by atoms with E-state index >= 15 is 0 Å². The molecule has 11 nitrogen and oxygen atoms in total. The molecule has 0 unspecified atom stereocenters. The number of hydrogen-bond donors (Lipinski definition) is 2. The van der Waals surface area contributed by atoms with Crippen LogP contribution in [-0.2, 0) is 9.84 Å². The Morgan fingerprint density at radius 3 is 2.39 bits per heavy atom. The fourth-order valence-electron chi connectivity index (χ4n) is 6.45. The number of fused-ring (bicyclic) bond motifs is 3. The minimum absolute atomic E-state index is 0.00686. The summed E-state index contributed by atoms with van der Waals surface area (Å²) >= 11 is 0. The number of nitrogen functional groups attached to an aromatic ring is 1. The first-order valence-electron chi connectivity index (χ1n) is 13.5. The average Bonchev–Trinajstić information content (AvgIpc) is 3.71. The molecular weight excluding hydrogens is 540 g/mol. The molecular formula is C29H28N8O3S. The highest BCUT2D eigenvalue weighted by Crippen LogP contribution is 2.45. The molecule has 0 radical (unpaired) electrons. The zero-order valence-corrected chi connectivity index (χ0v) is 23.1. The summed E-state index contributed by atoms with van der Waals surface area (Å²) in [6.45, 7) is 0. The Bertz CT molecular complexity index is 1850. The number of imidazole rings is 1. The topological polar surface area (TPSA) is 152 Å². The summed E-state index contributed by atoms with van der Waals surface area (Å²) in [5, 5.41) is 4.42. The van der Waals surface area contributed by atoms with Gasteiger partial charge in [-0.2, -0.15) is 9.61 Å². The third kappa shape index (κ3) is 4.26. The molecule has 2 saturated heterocycles. The van der Waals surface area contributed by atoms with Gasteiger partial charge in [-0.05, 0) is 31.7 Å². The lowest BCUT2D eigenvalue weighted by Gasteiger charge is -2.38. The Morgan fingerprint density at radius 1 is 1.00 bits per heavy atom. The number of carbonyl (C=O) groups is 1. The van der Waals surface area contributed by atoms with Crippen molar-refractivity contribution < 1.29 is 13.2 Å². The van der Waals surface area contributed by atoms with Gasteiger partial charge in [0.05, 0.1) is 17.6 Å². The van der Waals surface area contributed by atoms with Crippen LogP contribution in [0.2, 0.25) is 0 Å². The number of nitrogens with one attached hydrogen (secondary N) is 1. The number of H-pyrrole nitrogens is 1. The number of nitrogens with zero attached hydrogens (tertiary/aromatic N) is 6. The number of anilines is 1. The van der Waals surface area contributed by atoms with Gasteiger partial charge in [0.2, 0.25) is 0 Å². The molecule has 3 N–H and O–H groups in total. The van der Waals surface area contributed by atoms with E-state index in [4.69, 9.17) is 10.7 Å². The molecule has 2 aliphatic rings. The number of nitrogens with two attached hydrogens (primary N) is 1. The first-order chi connectivity index (χ1) is 19.8. The molecule has 208 valence electrons. The van der Waals surface area contributed by atoms with Crippen LogP contribution in [0.4, 0.5) is 5.82 Å². The van der Waals surface area contributed by atoms with E-state index in [1.165, 1.54) is 4.52 Å². The van der Waals surface area contributed by atoms with E-state index in [1.807, 2.05) is 47.4 Å². The first kappa shape index (κ1) is 25.4. The third-order valence-corrected chi connectivity index (χ3v) is 9.39. The van der Waals surface area contributed by atoms with Crippen LogP contribution >= 0.6 is 0 Å². The summed E-state index contributed by atoms with van der Waals surface area (Å²) in [6.07, 6.45) is 10.6. The standard InChI is InChI=1S/C29H28N8O3S/c1-41(39,40)25-24(19-13-20-8-9-21(14-19)36(20)29(38)27-31-11-12-32-27)35-28-22(16-34-37(28)26(25)30)18-7-10-23(33-15-18)17-5-3-2-4-6-17/h2-7,10-12,15-16,19-21H,8-9,13-14,30H2,1H3,(H,31,32)/t19-,20-,21+. The number of benzene rings is 1. The minimum atomic E-state index is -3.73. The van der Waals surface area contributed by atoms with Crippen LogP contribution in [0, 0.1) is 0 Å². The number of piperidine rings is 1. The van der Waals surface area contributed by atoms with Crippen LogP contribution in [0.1, 0.15) is 47.9 Å². The average molecular weight is 569 g/mol. The van der Waals surface area contributed by atoms with E-state index in [0.717, 1.165) is 35.9 Å². The zero-order chi connectivity index (χ0) is 28.3. The fourth-order valence-corrected chi connectivity index (χ4v) is 7.51. The van der Waals surface area contributed by atoms with Crippen molar-refractivity contribution in [2.24, 2.45) is 0 Å². The molecule has 2 bridgehead atoms. The van der Waals surface area contributed by atoms with E-state index in [-0.39, 0.29) is 34.6 Å². The van der Waals surface area contributed by atoms with Crippen molar-refractivity contribution in [2.45, 2.75) is 48.6 Å². The summed E-state index contributed by atoms with van der Waals surface area (Å²) in [5.41, 5.74) is 10.8. The summed E-state index contributed by atoms with van der Waals surface area (Å²) in [4.78, 5) is 31.7. The van der Waals surface area contributed by atoms with Crippen molar-refractivity contribution in [3.63, 3.8) is 0 Å². The SMILES string of the molecule is CS(=O)(=O)c1c([C@@H]2C[C@H]3CC[C@@H](C2)N3C(=O)c2ncc[nH]2)nc2c(-c3ccc(-c4ccccc4)nc3)cnn2c1N. The molecule has 0 saturated carbocycles. The smallest absolute Gasteiger partial charge is 0.290 e. The third-order valence-electron chi connectivity index (χ3n) is 8.23. The van der Waals surface area contributed by atoms with Crippen molar-refractivity contribution in [2.75, 3.05) is 12.0 Å². The highest BCUT2D eigenvalue weighted by atomic mass is 32.2. The molecule has 3 atom stereocenters. The van der Waals surface area contributed by atoms with Gasteiger partial charge in [0, 0.05) is 59.5 Å². The lowest BCUT2D eigenvalue weighted by atomic mass is 9.87. The molecule has 2 aliphatic heterocycles. The summed E-state index contributed by atoms with van der Waals surface area (Å²) in [7, 11) is -3.73. The first-order valence-corrected chi connectivity index (χ1v) is 15.4. The Kier molecular flexibility index (Phi) is 5.89. The largest absolute Gasteiger partial charge is 0.382 e. The van der Waals surface area contributed by atoms with Gasteiger partial charge < -0.3 is 15.6 Å². The molecule has 7 rings (SSSR count). The Labute approximate surface area is 236 Å². The molecule has 1 amide bonds. The van der Waals surface area contributed by atoms with Gasteiger partial charge in [-0.15, -0.1) is 0 Å². The fraction of sp³-hybridized carbons (Fsp3) is 0.276. The monoisotopic (exact) mass is 568 g/mol. The Balaban J connectivity index is 1.29. The number of amides is 1. The molecule has 41 heavy (non-hydrogen) atoms. The normalized spacial score (nSPS) is 20.5. The number of sulfone groups is 1. The quantitative estimate of drug-likeness (QED) is 0.325. The zero-order valence-electron chi connectivity index (χ0n) is 22.3. The second-order valence-corrected chi connectivity index (χ2v) is 12.7. The Hall–Kier alpha value is -4.58. The minimum Gasteiger partial charge on any atom is -0.382 e. The Morgan fingerprint density at radius 2 is 1.76 bits per heavy atom. The maximum absolute atomic E-state index is 13.2. The van der Waals surface area contributed by atoms with Gasteiger partial charge in [-0.3, -0.25) is 9.78 Å². The van der Waals surface area contributed by atoms with E-state index in [0.29, 0.717) is 35.6 Å². The predicted molar refractivity (Wildman–Crippen MR) is 153 cm³/mol. The van der Waals surface area contributed by atoms with Gasteiger partial charge in [0.1, 0.15) is 10.7 Å². The van der Waals surface area contributed by atoms with E-state index < -0.39 is 9.84 Å². The summed E-state index contributed by atoms with van der Waals surface area (Å²) in [6, 6.07) is 13.7. The predicted octanol–water partition coefficient (Wildman–Crippen LogP) is 3.72. The number of hydrogen-bond acceptors (Lipinski definition) is 8. The van der Waals surface area contributed by atoms with Crippen LogP contribution < -0.4 is 5.73 Å². The number of aromatic nitrogens is 6. The van der Waals surface area contributed by atoms with Gasteiger partial charge in [0.15, 0.2) is 21.3 Å². The number of aromatic amines is 1. The van der Waals surface area contributed by atoms with Crippen LogP contribution in [0.15, 0.2) is 72.1 Å². The second kappa shape index (κ2) is 9.51. The lowest BCUT2D eigenvalue weighted by molar-refractivity contribution is 0.0556. The number of carbonyl (C=O) groups excluding carboxylic acids is 1. The molecule has 0 aliphatic carbocycles. The van der Waals surface area contributed by atoms with Gasteiger partial charge in [-0.1, -0.05) is 36.4 Å². The maximum atomic E-state index is 13.2. The van der Waals surface area contributed by atoms with Crippen LogP contribution in [0.5, 0.6) is 0 Å². The van der Waals surface area contributed by atoms with E-state index in [2.05, 4.69) is 20.1 Å². The van der Waals surface area contributed by atoms with Crippen molar-refractivity contribution in [3.05, 3.63) is 78.8 Å². The molecule has 12 heteroatoms. The van der Waals surface area contributed by atoms with E-state index in [1.54, 1.807) is 24.8 Å². The molecule has 1 aromatic carbocycles. The number of rotatable bonds is 5. The van der Waals surface area contributed by atoms with Crippen molar-refractivity contribution in [1.29, 1.82) is 0 Å². The highest BCUT2D eigenvalue weighted by molar-refractivity contribution is 7.91. The molecule has 2 fully saturated rings. The lowest BCUT2D eigenvalue weighted by Crippen LogP contribution is -2.46. The number of pyridine rings is 1. The molecule has 6 heterocycles.